The number of H-pyrrole nitrogens is 1. The second kappa shape index (κ2) is 3.61. The van der Waals surface area contributed by atoms with Crippen molar-refractivity contribution >= 4 is 22.4 Å². The minimum atomic E-state index is 0.308. The molecule has 0 aliphatic heterocycles. The Morgan fingerprint density at radius 3 is 2.56 bits per heavy atom. The Morgan fingerprint density at radius 2 is 1.81 bits per heavy atom. The molecule has 1 aromatic heterocycles. The summed E-state index contributed by atoms with van der Waals surface area (Å²) in [5, 5.41) is 9.32. The maximum atomic E-state index is 5.70. The molecule has 1 N–H and O–H groups in total. The van der Waals surface area contributed by atoms with Crippen LogP contribution >= 0.6 is 11.6 Å². The molecule has 0 saturated heterocycles. The molecule has 3 rings (SSSR count). The summed E-state index contributed by atoms with van der Waals surface area (Å²) in [6.45, 7) is 0. The van der Waals surface area contributed by atoms with Crippen molar-refractivity contribution in [2.45, 2.75) is 0 Å². The van der Waals surface area contributed by atoms with Gasteiger partial charge < -0.3 is 0 Å². The van der Waals surface area contributed by atoms with Crippen LogP contribution in [0.5, 0.6) is 0 Å². The Morgan fingerprint density at radius 1 is 1.00 bits per heavy atom. The van der Waals surface area contributed by atoms with Gasteiger partial charge in [0.1, 0.15) is 0 Å². The molecule has 0 atom stereocenters. The molecule has 0 radical (unpaired) electrons. The highest BCUT2D eigenvalue weighted by atomic mass is 35.5. The van der Waals surface area contributed by atoms with Crippen LogP contribution in [0.25, 0.3) is 22.2 Å². The molecule has 16 heavy (non-hydrogen) atoms. The van der Waals surface area contributed by atoms with Crippen LogP contribution in [-0.4, -0.2) is 15.2 Å². The average molecular weight is 230 g/mol. The van der Waals surface area contributed by atoms with Crippen LogP contribution in [0.1, 0.15) is 0 Å². The summed E-state index contributed by atoms with van der Waals surface area (Å²) < 4.78 is 0. The van der Waals surface area contributed by atoms with Crippen molar-refractivity contribution in [1.82, 2.24) is 15.2 Å². The van der Waals surface area contributed by atoms with Crippen LogP contribution in [0, 0.1) is 0 Å². The van der Waals surface area contributed by atoms with E-state index in [1.807, 2.05) is 18.2 Å². The van der Waals surface area contributed by atoms with E-state index in [4.69, 9.17) is 11.6 Å². The molecular weight excluding hydrogens is 222 g/mol. The largest absolute Gasteiger partial charge is 0.249 e. The topological polar surface area (TPSA) is 41.6 Å². The summed E-state index contributed by atoms with van der Waals surface area (Å²) in [7, 11) is 0. The van der Waals surface area contributed by atoms with Crippen LogP contribution in [0.2, 0.25) is 5.28 Å². The van der Waals surface area contributed by atoms with E-state index in [9.17, 15) is 0 Å². The molecule has 0 saturated carbocycles. The minimum absolute atomic E-state index is 0.308. The second-order valence-corrected chi connectivity index (χ2v) is 3.87. The fourth-order valence-electron chi connectivity index (χ4n) is 1.70. The van der Waals surface area contributed by atoms with E-state index in [1.165, 1.54) is 10.8 Å². The Bertz CT molecular complexity index is 645. The minimum Gasteiger partial charge on any atom is -0.249 e. The van der Waals surface area contributed by atoms with Crippen LogP contribution in [0.4, 0.5) is 0 Å². The van der Waals surface area contributed by atoms with Crippen molar-refractivity contribution in [3.8, 4) is 11.4 Å². The van der Waals surface area contributed by atoms with Gasteiger partial charge in [-0.3, -0.25) is 0 Å². The summed E-state index contributed by atoms with van der Waals surface area (Å²) in [6, 6.07) is 14.3. The zero-order valence-corrected chi connectivity index (χ0v) is 9.07. The first-order valence-corrected chi connectivity index (χ1v) is 5.28. The van der Waals surface area contributed by atoms with Gasteiger partial charge in [0.05, 0.1) is 0 Å². The van der Waals surface area contributed by atoms with E-state index >= 15 is 0 Å². The van der Waals surface area contributed by atoms with Gasteiger partial charge in [-0.1, -0.05) is 36.4 Å². The van der Waals surface area contributed by atoms with Gasteiger partial charge in [0.25, 0.3) is 0 Å². The molecule has 0 amide bonds. The van der Waals surface area contributed by atoms with Crippen molar-refractivity contribution in [2.75, 3.05) is 0 Å². The first-order chi connectivity index (χ1) is 7.83. The SMILES string of the molecule is Clc1nc(-c2ccc3ccccc3c2)n[nH]1. The van der Waals surface area contributed by atoms with Crippen molar-refractivity contribution < 1.29 is 0 Å². The molecule has 0 spiro atoms. The van der Waals surface area contributed by atoms with Crippen molar-refractivity contribution in [2.24, 2.45) is 0 Å². The summed E-state index contributed by atoms with van der Waals surface area (Å²) >= 11 is 5.70. The highest BCUT2D eigenvalue weighted by Gasteiger charge is 2.04. The van der Waals surface area contributed by atoms with Crippen LogP contribution in [-0.2, 0) is 0 Å². The molecule has 0 bridgehead atoms. The fraction of sp³-hybridized carbons (Fsp3) is 0. The Hall–Kier alpha value is -1.87. The number of nitrogens with zero attached hydrogens (tertiary/aromatic N) is 2. The lowest BCUT2D eigenvalue weighted by Gasteiger charge is -1.99. The van der Waals surface area contributed by atoms with Gasteiger partial charge in [0, 0.05) is 5.56 Å². The molecule has 3 nitrogen and oxygen atoms in total. The van der Waals surface area contributed by atoms with Gasteiger partial charge in [-0.2, -0.15) is 10.1 Å². The Labute approximate surface area is 97.1 Å². The van der Waals surface area contributed by atoms with Gasteiger partial charge >= 0.3 is 0 Å². The highest BCUT2D eigenvalue weighted by Crippen LogP contribution is 2.22. The lowest BCUT2D eigenvalue weighted by molar-refractivity contribution is 1.10. The van der Waals surface area contributed by atoms with Crippen molar-refractivity contribution in [3.63, 3.8) is 0 Å². The third kappa shape index (κ3) is 1.55. The van der Waals surface area contributed by atoms with E-state index in [0.29, 0.717) is 11.1 Å². The zero-order chi connectivity index (χ0) is 11.0. The Balaban J connectivity index is 2.18. The zero-order valence-electron chi connectivity index (χ0n) is 8.31. The van der Waals surface area contributed by atoms with Crippen LogP contribution < -0.4 is 0 Å². The number of hydrogen-bond acceptors (Lipinski definition) is 2. The number of fused-ring (bicyclic) bond motifs is 1. The van der Waals surface area contributed by atoms with E-state index in [0.717, 1.165) is 5.56 Å². The molecular formula is C12H8ClN3. The quantitative estimate of drug-likeness (QED) is 0.696. The third-order valence-electron chi connectivity index (χ3n) is 2.47. The number of hydrogen-bond donors (Lipinski definition) is 1. The monoisotopic (exact) mass is 229 g/mol. The number of aromatic nitrogens is 3. The van der Waals surface area contributed by atoms with Gasteiger partial charge in [-0.25, -0.2) is 5.10 Å². The summed E-state index contributed by atoms with van der Waals surface area (Å²) in [5.74, 6) is 0.621. The highest BCUT2D eigenvalue weighted by molar-refractivity contribution is 6.28. The second-order valence-electron chi connectivity index (χ2n) is 3.51. The van der Waals surface area contributed by atoms with Crippen LogP contribution in [0.3, 0.4) is 0 Å². The molecule has 0 fully saturated rings. The standard InChI is InChI=1S/C12H8ClN3/c13-12-14-11(15-16-12)10-6-5-8-3-1-2-4-9(8)7-10/h1-7H,(H,14,15,16). The Kier molecular flexibility index (Phi) is 2.11. The predicted octanol–water partition coefficient (Wildman–Crippen LogP) is 3.28. The smallest absolute Gasteiger partial charge is 0.218 e. The summed E-state index contributed by atoms with van der Waals surface area (Å²) in [4.78, 5) is 4.09. The predicted molar refractivity (Wildman–Crippen MR) is 64.3 cm³/mol. The number of aromatic amines is 1. The number of rotatable bonds is 1. The summed E-state index contributed by atoms with van der Waals surface area (Å²) in [6.07, 6.45) is 0. The maximum Gasteiger partial charge on any atom is 0.218 e. The summed E-state index contributed by atoms with van der Waals surface area (Å²) in [5.41, 5.74) is 0.960. The number of halogens is 1. The van der Waals surface area contributed by atoms with Crippen LogP contribution in [0.15, 0.2) is 42.5 Å². The normalized spacial score (nSPS) is 10.8. The van der Waals surface area contributed by atoms with E-state index in [1.54, 1.807) is 0 Å². The maximum absolute atomic E-state index is 5.70. The first-order valence-electron chi connectivity index (χ1n) is 4.90. The number of benzene rings is 2. The molecule has 78 valence electrons. The molecule has 2 aromatic carbocycles. The van der Waals surface area contributed by atoms with Gasteiger partial charge in [-0.15, -0.1) is 0 Å². The molecule has 0 unspecified atom stereocenters. The molecule has 0 aliphatic carbocycles. The lowest BCUT2D eigenvalue weighted by Crippen LogP contribution is -1.81. The molecule has 0 aliphatic rings. The van der Waals surface area contributed by atoms with Gasteiger partial charge in [0.15, 0.2) is 5.82 Å². The molecule has 1 heterocycles. The van der Waals surface area contributed by atoms with E-state index in [2.05, 4.69) is 39.4 Å². The number of nitrogens with one attached hydrogen (secondary N) is 1. The lowest BCUT2D eigenvalue weighted by atomic mass is 10.1. The molecule has 4 heteroatoms. The van der Waals surface area contributed by atoms with E-state index < -0.39 is 0 Å². The van der Waals surface area contributed by atoms with Gasteiger partial charge in [0.2, 0.25) is 5.28 Å². The third-order valence-corrected chi connectivity index (χ3v) is 2.63. The van der Waals surface area contributed by atoms with Crippen molar-refractivity contribution in [3.05, 3.63) is 47.7 Å². The van der Waals surface area contributed by atoms with Crippen molar-refractivity contribution in [1.29, 1.82) is 0 Å². The fourth-order valence-corrected chi connectivity index (χ4v) is 1.82. The van der Waals surface area contributed by atoms with E-state index in [-0.39, 0.29) is 0 Å². The first kappa shape index (κ1) is 9.36. The molecule has 3 aromatic rings. The van der Waals surface area contributed by atoms with Gasteiger partial charge in [-0.05, 0) is 28.4 Å². The average Bonchev–Trinajstić information content (AvgIpc) is 2.75.